The number of hydrogen-bond donors (Lipinski definition) is 1. The van der Waals surface area contributed by atoms with Gasteiger partial charge in [0.15, 0.2) is 5.82 Å². The first-order valence-electron chi connectivity index (χ1n) is 9.99. The Kier molecular flexibility index (Phi) is 6.54. The number of anilines is 1. The van der Waals surface area contributed by atoms with Crippen molar-refractivity contribution in [2.24, 2.45) is 5.92 Å². The van der Waals surface area contributed by atoms with Crippen LogP contribution in [0.1, 0.15) is 67.2 Å². The minimum absolute atomic E-state index is 0.277. The van der Waals surface area contributed by atoms with Gasteiger partial charge in [-0.1, -0.05) is 19.0 Å². The summed E-state index contributed by atoms with van der Waals surface area (Å²) in [5.41, 5.74) is 1.04. The van der Waals surface area contributed by atoms with Crippen molar-refractivity contribution in [3.63, 3.8) is 0 Å². The molecule has 152 valence electrons. The zero-order chi connectivity index (χ0) is 20.1. The summed E-state index contributed by atoms with van der Waals surface area (Å²) in [6.07, 6.45) is 4.35. The molecule has 0 saturated carbocycles. The SMILES string of the molecule is Cc1cc(OCCCC2CCN(c3nc(C(C)C)no3)CC2)ccc1C(=O)O. The van der Waals surface area contributed by atoms with E-state index in [9.17, 15) is 4.79 Å². The zero-order valence-electron chi connectivity index (χ0n) is 16.9. The fourth-order valence-corrected chi connectivity index (χ4v) is 3.53. The summed E-state index contributed by atoms with van der Waals surface area (Å²) in [5.74, 6) is 1.55. The van der Waals surface area contributed by atoms with Gasteiger partial charge in [0.05, 0.1) is 12.2 Å². The van der Waals surface area contributed by atoms with Crippen molar-refractivity contribution in [2.75, 3.05) is 24.6 Å². The molecular weight excluding hydrogens is 358 g/mol. The van der Waals surface area contributed by atoms with Crippen LogP contribution in [0, 0.1) is 12.8 Å². The standard InChI is InChI=1S/C21H29N3O4/c1-14(2)19-22-21(28-23-19)24-10-8-16(9-11-24)5-4-12-27-17-6-7-18(20(25)26)15(3)13-17/h6-7,13-14,16H,4-5,8-12H2,1-3H3,(H,25,26). The molecule has 1 aliphatic rings. The van der Waals surface area contributed by atoms with E-state index < -0.39 is 5.97 Å². The highest BCUT2D eigenvalue weighted by atomic mass is 16.5. The number of carboxylic acid groups (broad SMARTS) is 1. The minimum Gasteiger partial charge on any atom is -0.494 e. The van der Waals surface area contributed by atoms with Crippen LogP contribution in [0.4, 0.5) is 6.01 Å². The van der Waals surface area contributed by atoms with Gasteiger partial charge in [-0.15, -0.1) is 0 Å². The van der Waals surface area contributed by atoms with Crippen LogP contribution in [-0.4, -0.2) is 40.9 Å². The summed E-state index contributed by atoms with van der Waals surface area (Å²) in [4.78, 5) is 17.7. The van der Waals surface area contributed by atoms with Crippen LogP contribution in [0.2, 0.25) is 0 Å². The number of hydrogen-bond acceptors (Lipinski definition) is 6. The van der Waals surface area contributed by atoms with E-state index in [1.54, 1.807) is 25.1 Å². The Labute approximate surface area is 165 Å². The molecule has 0 unspecified atom stereocenters. The Hall–Kier alpha value is -2.57. The second-order valence-electron chi connectivity index (χ2n) is 7.79. The largest absolute Gasteiger partial charge is 0.494 e. The molecule has 1 saturated heterocycles. The number of carboxylic acids is 1. The Bertz CT molecular complexity index is 795. The lowest BCUT2D eigenvalue weighted by molar-refractivity contribution is 0.0696. The molecule has 1 N–H and O–H groups in total. The van der Waals surface area contributed by atoms with Crippen LogP contribution in [0.15, 0.2) is 22.7 Å². The number of aryl methyl sites for hydroxylation is 1. The molecule has 0 spiro atoms. The molecule has 28 heavy (non-hydrogen) atoms. The van der Waals surface area contributed by atoms with Crippen LogP contribution in [0.5, 0.6) is 5.75 Å². The maximum absolute atomic E-state index is 11.1. The number of rotatable bonds is 8. The Morgan fingerprint density at radius 1 is 1.36 bits per heavy atom. The van der Waals surface area contributed by atoms with E-state index in [0.717, 1.165) is 55.9 Å². The predicted molar refractivity (Wildman–Crippen MR) is 106 cm³/mol. The Morgan fingerprint density at radius 3 is 2.71 bits per heavy atom. The van der Waals surface area contributed by atoms with E-state index in [1.165, 1.54) is 0 Å². The number of ether oxygens (including phenoxy) is 1. The third kappa shape index (κ3) is 5.03. The first-order chi connectivity index (χ1) is 13.4. The van der Waals surface area contributed by atoms with Gasteiger partial charge in [-0.2, -0.15) is 4.98 Å². The van der Waals surface area contributed by atoms with E-state index in [4.69, 9.17) is 14.4 Å². The van der Waals surface area contributed by atoms with E-state index >= 15 is 0 Å². The normalized spacial score (nSPS) is 15.2. The minimum atomic E-state index is -0.906. The number of aromatic nitrogens is 2. The van der Waals surface area contributed by atoms with Crippen LogP contribution in [0.3, 0.4) is 0 Å². The molecule has 7 nitrogen and oxygen atoms in total. The maximum Gasteiger partial charge on any atom is 0.335 e. The van der Waals surface area contributed by atoms with Gasteiger partial charge >= 0.3 is 12.0 Å². The van der Waals surface area contributed by atoms with Gasteiger partial charge in [0, 0.05) is 19.0 Å². The predicted octanol–water partition coefficient (Wildman–Crippen LogP) is 4.28. The molecule has 1 aromatic carbocycles. The molecule has 1 fully saturated rings. The number of carbonyl (C=O) groups is 1. The van der Waals surface area contributed by atoms with E-state index in [0.29, 0.717) is 24.1 Å². The molecule has 0 amide bonds. The molecule has 7 heteroatoms. The summed E-state index contributed by atoms with van der Waals surface area (Å²) in [7, 11) is 0. The average molecular weight is 387 g/mol. The van der Waals surface area contributed by atoms with Crippen molar-refractivity contribution >= 4 is 12.0 Å². The van der Waals surface area contributed by atoms with Crippen LogP contribution in [0.25, 0.3) is 0 Å². The molecular formula is C21H29N3O4. The number of aromatic carboxylic acids is 1. The Morgan fingerprint density at radius 2 is 2.11 bits per heavy atom. The highest BCUT2D eigenvalue weighted by Gasteiger charge is 2.23. The maximum atomic E-state index is 11.1. The molecule has 3 rings (SSSR count). The molecule has 0 radical (unpaired) electrons. The lowest BCUT2D eigenvalue weighted by atomic mass is 9.92. The van der Waals surface area contributed by atoms with E-state index in [-0.39, 0.29) is 5.92 Å². The summed E-state index contributed by atoms with van der Waals surface area (Å²) >= 11 is 0. The highest BCUT2D eigenvalue weighted by molar-refractivity contribution is 5.89. The van der Waals surface area contributed by atoms with Crippen LogP contribution in [-0.2, 0) is 0 Å². The first kappa shape index (κ1) is 20.2. The van der Waals surface area contributed by atoms with Crippen molar-refractivity contribution in [1.82, 2.24) is 10.1 Å². The quantitative estimate of drug-likeness (QED) is 0.676. The van der Waals surface area contributed by atoms with Crippen LogP contribution < -0.4 is 9.64 Å². The van der Waals surface area contributed by atoms with Gasteiger partial charge in [0.1, 0.15) is 5.75 Å². The van der Waals surface area contributed by atoms with Crippen molar-refractivity contribution < 1.29 is 19.2 Å². The Balaban J connectivity index is 1.37. The monoisotopic (exact) mass is 387 g/mol. The summed E-state index contributed by atoms with van der Waals surface area (Å²) < 4.78 is 11.2. The molecule has 0 bridgehead atoms. The molecule has 1 aromatic heterocycles. The van der Waals surface area contributed by atoms with Crippen molar-refractivity contribution in [2.45, 2.75) is 52.4 Å². The molecule has 2 heterocycles. The molecule has 0 atom stereocenters. The summed E-state index contributed by atoms with van der Waals surface area (Å²) in [6.45, 7) is 8.45. The van der Waals surface area contributed by atoms with Gasteiger partial charge in [-0.25, -0.2) is 4.79 Å². The third-order valence-electron chi connectivity index (χ3n) is 5.29. The summed E-state index contributed by atoms with van der Waals surface area (Å²) in [5, 5.41) is 13.1. The van der Waals surface area contributed by atoms with Crippen molar-refractivity contribution in [3.05, 3.63) is 35.2 Å². The van der Waals surface area contributed by atoms with Gasteiger partial charge in [-0.3, -0.25) is 0 Å². The number of piperidine rings is 1. The smallest absolute Gasteiger partial charge is 0.335 e. The zero-order valence-corrected chi connectivity index (χ0v) is 16.9. The first-order valence-corrected chi connectivity index (χ1v) is 9.99. The lowest BCUT2D eigenvalue weighted by Gasteiger charge is -2.30. The van der Waals surface area contributed by atoms with Gasteiger partial charge < -0.3 is 19.3 Å². The lowest BCUT2D eigenvalue weighted by Crippen LogP contribution is -2.34. The molecule has 0 aliphatic carbocycles. The van der Waals surface area contributed by atoms with Crippen LogP contribution >= 0.6 is 0 Å². The van der Waals surface area contributed by atoms with E-state index in [1.807, 2.05) is 0 Å². The average Bonchev–Trinajstić information content (AvgIpc) is 3.16. The second-order valence-corrected chi connectivity index (χ2v) is 7.79. The fraction of sp³-hybridized carbons (Fsp3) is 0.571. The number of benzene rings is 1. The van der Waals surface area contributed by atoms with Gasteiger partial charge in [0.25, 0.3) is 0 Å². The van der Waals surface area contributed by atoms with Gasteiger partial charge in [-0.05, 0) is 62.3 Å². The summed E-state index contributed by atoms with van der Waals surface area (Å²) in [6, 6.07) is 5.76. The molecule has 1 aliphatic heterocycles. The van der Waals surface area contributed by atoms with Gasteiger partial charge in [0.2, 0.25) is 0 Å². The third-order valence-corrected chi connectivity index (χ3v) is 5.29. The number of nitrogens with zero attached hydrogens (tertiary/aromatic N) is 3. The second kappa shape index (κ2) is 9.08. The fourth-order valence-electron chi connectivity index (χ4n) is 3.53. The van der Waals surface area contributed by atoms with Crippen molar-refractivity contribution in [1.29, 1.82) is 0 Å². The molecule has 2 aromatic rings. The van der Waals surface area contributed by atoms with E-state index in [2.05, 4.69) is 28.9 Å². The van der Waals surface area contributed by atoms with Crippen molar-refractivity contribution in [3.8, 4) is 5.75 Å². The highest BCUT2D eigenvalue weighted by Crippen LogP contribution is 2.26. The topological polar surface area (TPSA) is 88.7 Å².